The van der Waals surface area contributed by atoms with Gasteiger partial charge in [0.25, 0.3) is 0 Å². The van der Waals surface area contributed by atoms with Gasteiger partial charge in [0, 0.05) is 0 Å². The van der Waals surface area contributed by atoms with E-state index >= 15 is 0 Å². The molecule has 1 aliphatic carbocycles. The summed E-state index contributed by atoms with van der Waals surface area (Å²) in [5.41, 5.74) is 0.370. The van der Waals surface area contributed by atoms with Crippen molar-refractivity contribution in [2.24, 2.45) is 23.2 Å². The summed E-state index contributed by atoms with van der Waals surface area (Å²) in [4.78, 5) is 11.5. The van der Waals surface area contributed by atoms with Crippen LogP contribution in [0, 0.1) is 23.2 Å². The number of ether oxygens (including phenoxy) is 1. The van der Waals surface area contributed by atoms with Crippen LogP contribution in [0.2, 0.25) is 0 Å². The molecule has 3 atom stereocenters. The van der Waals surface area contributed by atoms with Crippen molar-refractivity contribution in [3.05, 3.63) is 0 Å². The van der Waals surface area contributed by atoms with Crippen molar-refractivity contribution in [2.45, 2.75) is 47.0 Å². The van der Waals surface area contributed by atoms with Crippen LogP contribution in [-0.2, 0) is 9.53 Å². The van der Waals surface area contributed by atoms with E-state index in [1.54, 1.807) is 0 Å². The van der Waals surface area contributed by atoms with Crippen molar-refractivity contribution in [1.82, 2.24) is 0 Å². The van der Waals surface area contributed by atoms with Gasteiger partial charge >= 0.3 is 5.97 Å². The molecule has 0 radical (unpaired) electrons. The summed E-state index contributed by atoms with van der Waals surface area (Å²) < 4.78 is 4.84. The maximum absolute atomic E-state index is 11.5. The van der Waals surface area contributed by atoms with Crippen molar-refractivity contribution in [2.75, 3.05) is 7.11 Å². The van der Waals surface area contributed by atoms with Crippen LogP contribution in [0.5, 0.6) is 0 Å². The van der Waals surface area contributed by atoms with Gasteiger partial charge in [-0.15, -0.1) is 0 Å². The van der Waals surface area contributed by atoms with E-state index in [-0.39, 0.29) is 11.9 Å². The minimum absolute atomic E-state index is 0.0186. The molecule has 0 spiro atoms. The fraction of sp³-hybridized carbons (Fsp3) is 0.923. The van der Waals surface area contributed by atoms with Crippen LogP contribution in [0.25, 0.3) is 0 Å². The zero-order valence-corrected chi connectivity index (χ0v) is 10.7. The Morgan fingerprint density at radius 3 is 2.27 bits per heavy atom. The maximum atomic E-state index is 11.5. The number of carbonyl (C=O) groups excluding carboxylic acids is 1. The quantitative estimate of drug-likeness (QED) is 0.624. The van der Waals surface area contributed by atoms with Crippen molar-refractivity contribution >= 4 is 5.97 Å². The highest BCUT2D eigenvalue weighted by molar-refractivity contribution is 5.72. The molecule has 0 aromatic heterocycles. The molecule has 0 aromatic carbocycles. The molecule has 3 unspecified atom stereocenters. The zero-order chi connectivity index (χ0) is 11.6. The largest absolute Gasteiger partial charge is 0.469 e. The van der Waals surface area contributed by atoms with Crippen molar-refractivity contribution < 1.29 is 9.53 Å². The standard InChI is InChI=1S/C13H24O2/c1-9-8-10(13(2,3)4)6-7-11(9)12(14)15-5/h9-11H,6-8H2,1-5H3. The fourth-order valence-corrected chi connectivity index (χ4v) is 2.68. The lowest BCUT2D eigenvalue weighted by molar-refractivity contribution is -0.149. The second-order valence-electron chi connectivity index (χ2n) is 5.98. The Kier molecular flexibility index (Phi) is 3.80. The Bertz CT molecular complexity index is 227. The molecule has 2 heteroatoms. The lowest BCUT2D eigenvalue weighted by atomic mass is 9.66. The topological polar surface area (TPSA) is 26.3 Å². The molecule has 1 saturated carbocycles. The number of hydrogen-bond donors (Lipinski definition) is 0. The molecule has 0 aliphatic heterocycles. The number of esters is 1. The summed E-state index contributed by atoms with van der Waals surface area (Å²) in [7, 11) is 1.49. The van der Waals surface area contributed by atoms with Gasteiger partial charge in [0.05, 0.1) is 13.0 Å². The molecular formula is C13H24O2. The number of rotatable bonds is 1. The van der Waals surface area contributed by atoms with E-state index in [4.69, 9.17) is 4.74 Å². The predicted octanol–water partition coefficient (Wildman–Crippen LogP) is 3.26. The van der Waals surface area contributed by atoms with Gasteiger partial charge in [-0.25, -0.2) is 0 Å². The number of hydrogen-bond acceptors (Lipinski definition) is 2. The lowest BCUT2D eigenvalue weighted by Gasteiger charge is -2.39. The van der Waals surface area contributed by atoms with Gasteiger partial charge < -0.3 is 4.74 Å². The molecule has 0 saturated heterocycles. The summed E-state index contributed by atoms with van der Waals surface area (Å²) in [6.45, 7) is 9.06. The Labute approximate surface area is 93.4 Å². The SMILES string of the molecule is COC(=O)C1CCC(C(C)(C)C)CC1C. The minimum atomic E-state index is -0.0186. The lowest BCUT2D eigenvalue weighted by Crippen LogP contribution is -2.34. The van der Waals surface area contributed by atoms with E-state index in [0.717, 1.165) is 25.2 Å². The summed E-state index contributed by atoms with van der Waals surface area (Å²) >= 11 is 0. The maximum Gasteiger partial charge on any atom is 0.308 e. The normalized spacial score (nSPS) is 32.5. The first-order chi connectivity index (χ1) is 6.86. The van der Waals surface area contributed by atoms with Gasteiger partial charge in [-0.2, -0.15) is 0 Å². The number of methoxy groups -OCH3 is 1. The Hall–Kier alpha value is -0.530. The molecule has 0 amide bonds. The van der Waals surface area contributed by atoms with Crippen LogP contribution in [0.3, 0.4) is 0 Å². The third kappa shape index (κ3) is 2.96. The highest BCUT2D eigenvalue weighted by atomic mass is 16.5. The molecule has 0 N–H and O–H groups in total. The van der Waals surface area contributed by atoms with Gasteiger partial charge in [-0.1, -0.05) is 27.7 Å². The van der Waals surface area contributed by atoms with Crippen LogP contribution in [0.1, 0.15) is 47.0 Å². The second-order valence-corrected chi connectivity index (χ2v) is 5.98. The van der Waals surface area contributed by atoms with Crippen LogP contribution in [-0.4, -0.2) is 13.1 Å². The molecule has 1 aliphatic rings. The smallest absolute Gasteiger partial charge is 0.308 e. The third-order valence-electron chi connectivity index (χ3n) is 3.90. The van der Waals surface area contributed by atoms with E-state index in [1.165, 1.54) is 7.11 Å². The summed E-state index contributed by atoms with van der Waals surface area (Å²) in [5, 5.41) is 0. The second kappa shape index (κ2) is 4.54. The first-order valence-electron chi connectivity index (χ1n) is 5.94. The van der Waals surface area contributed by atoms with Gasteiger partial charge in [-0.05, 0) is 36.5 Å². The van der Waals surface area contributed by atoms with E-state index in [1.807, 2.05) is 0 Å². The van der Waals surface area contributed by atoms with Gasteiger partial charge in [0.15, 0.2) is 0 Å². The summed E-state index contributed by atoms with van der Waals surface area (Å²) in [5.74, 6) is 1.33. The molecule has 1 fully saturated rings. The van der Waals surface area contributed by atoms with Crippen molar-refractivity contribution in [3.8, 4) is 0 Å². The van der Waals surface area contributed by atoms with Crippen LogP contribution in [0.15, 0.2) is 0 Å². The number of carbonyl (C=O) groups is 1. The van der Waals surface area contributed by atoms with E-state index in [0.29, 0.717) is 11.3 Å². The molecule has 0 aromatic rings. The average molecular weight is 212 g/mol. The highest BCUT2D eigenvalue weighted by Crippen LogP contribution is 2.42. The Balaban J connectivity index is 2.59. The van der Waals surface area contributed by atoms with Crippen LogP contribution >= 0.6 is 0 Å². The van der Waals surface area contributed by atoms with Crippen molar-refractivity contribution in [1.29, 1.82) is 0 Å². The third-order valence-corrected chi connectivity index (χ3v) is 3.90. The predicted molar refractivity (Wildman–Crippen MR) is 61.5 cm³/mol. The fourth-order valence-electron chi connectivity index (χ4n) is 2.68. The molecule has 88 valence electrons. The highest BCUT2D eigenvalue weighted by Gasteiger charge is 2.37. The van der Waals surface area contributed by atoms with Gasteiger partial charge in [0.1, 0.15) is 0 Å². The Morgan fingerprint density at radius 2 is 1.87 bits per heavy atom. The van der Waals surface area contributed by atoms with Crippen LogP contribution < -0.4 is 0 Å². The molecule has 0 bridgehead atoms. The van der Waals surface area contributed by atoms with E-state index in [9.17, 15) is 4.79 Å². The molecule has 15 heavy (non-hydrogen) atoms. The van der Waals surface area contributed by atoms with Crippen molar-refractivity contribution in [3.63, 3.8) is 0 Å². The molecule has 1 rings (SSSR count). The summed E-state index contributed by atoms with van der Waals surface area (Å²) in [6, 6.07) is 0. The monoisotopic (exact) mass is 212 g/mol. The molecular weight excluding hydrogens is 188 g/mol. The average Bonchev–Trinajstić information content (AvgIpc) is 2.15. The minimum Gasteiger partial charge on any atom is -0.469 e. The first kappa shape index (κ1) is 12.5. The van der Waals surface area contributed by atoms with Crippen LogP contribution in [0.4, 0.5) is 0 Å². The Morgan fingerprint density at radius 1 is 1.27 bits per heavy atom. The van der Waals surface area contributed by atoms with Gasteiger partial charge in [0.2, 0.25) is 0 Å². The van der Waals surface area contributed by atoms with E-state index in [2.05, 4.69) is 27.7 Å². The molecule has 2 nitrogen and oxygen atoms in total. The van der Waals surface area contributed by atoms with Gasteiger partial charge in [-0.3, -0.25) is 4.79 Å². The zero-order valence-electron chi connectivity index (χ0n) is 10.7. The molecule has 0 heterocycles. The van der Waals surface area contributed by atoms with E-state index < -0.39 is 0 Å². The summed E-state index contributed by atoms with van der Waals surface area (Å²) in [6.07, 6.45) is 3.31. The first-order valence-corrected chi connectivity index (χ1v) is 5.94.